The van der Waals surface area contributed by atoms with Crippen molar-refractivity contribution in [1.82, 2.24) is 10.2 Å². The maximum absolute atomic E-state index is 12.4. The lowest BCUT2D eigenvalue weighted by Crippen LogP contribution is -2.46. The molecule has 1 saturated heterocycles. The summed E-state index contributed by atoms with van der Waals surface area (Å²) in [6.45, 7) is 3.92. The summed E-state index contributed by atoms with van der Waals surface area (Å²) < 4.78 is 11.5. The summed E-state index contributed by atoms with van der Waals surface area (Å²) in [6.07, 6.45) is 3.58. The number of nitrogens with zero attached hydrogens (tertiary/aromatic N) is 1. The molecule has 1 atom stereocenters. The molecular weight excluding hydrogens is 304 g/mol. The number of hydrogen-bond donors (Lipinski definition) is 1. The Morgan fingerprint density at radius 3 is 2.50 bits per heavy atom. The fraction of sp³-hybridized carbons (Fsp3) is 0.632. The van der Waals surface area contributed by atoms with Crippen molar-refractivity contribution in [3.8, 4) is 0 Å². The summed E-state index contributed by atoms with van der Waals surface area (Å²) in [6, 6.07) is 10.7. The van der Waals surface area contributed by atoms with Crippen molar-refractivity contribution < 1.29 is 14.3 Å². The van der Waals surface area contributed by atoms with Gasteiger partial charge in [0.1, 0.15) is 0 Å². The number of benzene rings is 1. The molecule has 1 aromatic rings. The summed E-state index contributed by atoms with van der Waals surface area (Å²) in [4.78, 5) is 14.4. The summed E-state index contributed by atoms with van der Waals surface area (Å²) in [5.41, 5.74) is 1.22. The number of ether oxygens (including phenoxy) is 2. The van der Waals surface area contributed by atoms with Gasteiger partial charge in [-0.05, 0) is 32.4 Å². The number of hydrogen-bond acceptors (Lipinski definition) is 4. The highest BCUT2D eigenvalue weighted by Crippen LogP contribution is 2.35. The quantitative estimate of drug-likeness (QED) is 0.900. The molecule has 0 bridgehead atoms. The summed E-state index contributed by atoms with van der Waals surface area (Å²) in [5, 5.41) is 3.17. The first-order valence-corrected chi connectivity index (χ1v) is 8.90. The Hall–Kier alpha value is -1.43. The predicted molar refractivity (Wildman–Crippen MR) is 92.5 cm³/mol. The fourth-order valence-electron chi connectivity index (χ4n) is 3.61. The van der Waals surface area contributed by atoms with E-state index in [1.807, 2.05) is 25.2 Å². The standard InChI is InChI=1S/C19H28N2O3/c1-15(16-6-4-3-5-7-16)21(2)14-18(22)20-17-8-10-19(11-9-17)23-12-13-24-19/h3-7,15,17H,8-14H2,1-2H3,(H,20,22). The first kappa shape index (κ1) is 17.4. The number of likely N-dealkylation sites (N-methyl/N-ethyl adjacent to an activating group) is 1. The molecule has 0 radical (unpaired) electrons. The Morgan fingerprint density at radius 2 is 1.88 bits per heavy atom. The van der Waals surface area contributed by atoms with Gasteiger partial charge in [-0.15, -0.1) is 0 Å². The predicted octanol–water partition coefficient (Wildman–Crippen LogP) is 2.48. The van der Waals surface area contributed by atoms with Crippen molar-refractivity contribution in [2.24, 2.45) is 0 Å². The molecular formula is C19H28N2O3. The van der Waals surface area contributed by atoms with Crippen LogP contribution in [0.3, 0.4) is 0 Å². The third kappa shape index (κ3) is 4.15. The monoisotopic (exact) mass is 332 g/mol. The molecule has 1 aromatic carbocycles. The molecule has 1 N–H and O–H groups in total. The smallest absolute Gasteiger partial charge is 0.234 e. The molecule has 5 heteroatoms. The van der Waals surface area contributed by atoms with E-state index in [-0.39, 0.29) is 23.8 Å². The highest BCUT2D eigenvalue weighted by Gasteiger charge is 2.40. The van der Waals surface area contributed by atoms with Gasteiger partial charge in [0.25, 0.3) is 0 Å². The Bertz CT molecular complexity index is 533. The van der Waals surface area contributed by atoms with Crippen molar-refractivity contribution in [2.75, 3.05) is 26.8 Å². The molecule has 1 amide bonds. The van der Waals surface area contributed by atoms with Crippen LogP contribution in [-0.4, -0.2) is 49.4 Å². The highest BCUT2D eigenvalue weighted by molar-refractivity contribution is 5.78. The van der Waals surface area contributed by atoms with E-state index in [1.54, 1.807) is 0 Å². The number of amides is 1. The molecule has 3 rings (SSSR count). The van der Waals surface area contributed by atoms with Crippen molar-refractivity contribution in [3.05, 3.63) is 35.9 Å². The molecule has 5 nitrogen and oxygen atoms in total. The van der Waals surface area contributed by atoms with Crippen molar-refractivity contribution >= 4 is 5.91 Å². The molecule has 2 fully saturated rings. The minimum atomic E-state index is -0.361. The lowest BCUT2D eigenvalue weighted by atomic mass is 9.90. The van der Waals surface area contributed by atoms with Crippen LogP contribution in [0.5, 0.6) is 0 Å². The van der Waals surface area contributed by atoms with Gasteiger partial charge in [-0.3, -0.25) is 9.69 Å². The Morgan fingerprint density at radius 1 is 1.25 bits per heavy atom. The first-order chi connectivity index (χ1) is 11.6. The fourth-order valence-corrected chi connectivity index (χ4v) is 3.61. The van der Waals surface area contributed by atoms with Gasteiger partial charge >= 0.3 is 0 Å². The zero-order valence-corrected chi connectivity index (χ0v) is 14.7. The average Bonchev–Trinajstić information content (AvgIpc) is 3.05. The zero-order valence-electron chi connectivity index (χ0n) is 14.7. The van der Waals surface area contributed by atoms with E-state index >= 15 is 0 Å². The van der Waals surface area contributed by atoms with Crippen LogP contribution in [0.15, 0.2) is 30.3 Å². The molecule has 1 spiro atoms. The van der Waals surface area contributed by atoms with Gasteiger partial charge in [0, 0.05) is 24.9 Å². The normalized spacial score (nSPS) is 22.0. The number of rotatable bonds is 5. The van der Waals surface area contributed by atoms with Crippen LogP contribution in [0.1, 0.15) is 44.2 Å². The Labute approximate surface area is 144 Å². The molecule has 1 heterocycles. The van der Waals surface area contributed by atoms with E-state index in [1.165, 1.54) is 5.56 Å². The van der Waals surface area contributed by atoms with Crippen LogP contribution < -0.4 is 5.32 Å². The van der Waals surface area contributed by atoms with Gasteiger partial charge in [0.2, 0.25) is 5.91 Å². The first-order valence-electron chi connectivity index (χ1n) is 8.90. The maximum atomic E-state index is 12.4. The van der Waals surface area contributed by atoms with E-state index < -0.39 is 0 Å². The van der Waals surface area contributed by atoms with Gasteiger partial charge in [0.05, 0.1) is 19.8 Å². The molecule has 1 saturated carbocycles. The SMILES string of the molecule is CC(c1ccccc1)N(C)CC(=O)NC1CCC2(CC1)OCCO2. The minimum Gasteiger partial charge on any atom is -0.352 e. The highest BCUT2D eigenvalue weighted by atomic mass is 16.7. The number of carbonyl (C=O) groups is 1. The number of nitrogens with one attached hydrogen (secondary N) is 1. The second-order valence-electron chi connectivity index (χ2n) is 6.95. The maximum Gasteiger partial charge on any atom is 0.234 e. The molecule has 0 aromatic heterocycles. The van der Waals surface area contributed by atoms with Gasteiger partial charge < -0.3 is 14.8 Å². The van der Waals surface area contributed by atoms with E-state index in [9.17, 15) is 4.79 Å². The van der Waals surface area contributed by atoms with E-state index in [4.69, 9.17) is 9.47 Å². The van der Waals surface area contributed by atoms with E-state index in [0.29, 0.717) is 19.8 Å². The summed E-state index contributed by atoms with van der Waals surface area (Å²) in [7, 11) is 1.99. The lowest BCUT2D eigenvalue weighted by Gasteiger charge is -2.36. The van der Waals surface area contributed by atoms with Crippen molar-refractivity contribution in [1.29, 1.82) is 0 Å². The molecule has 1 aliphatic carbocycles. The van der Waals surface area contributed by atoms with Gasteiger partial charge in [-0.2, -0.15) is 0 Å². The van der Waals surface area contributed by atoms with Gasteiger partial charge in [0.15, 0.2) is 5.79 Å². The van der Waals surface area contributed by atoms with Crippen LogP contribution in [-0.2, 0) is 14.3 Å². The molecule has 24 heavy (non-hydrogen) atoms. The second kappa shape index (κ2) is 7.64. The van der Waals surface area contributed by atoms with E-state index in [0.717, 1.165) is 25.7 Å². The third-order valence-corrected chi connectivity index (χ3v) is 5.26. The van der Waals surface area contributed by atoms with Gasteiger partial charge in [-0.1, -0.05) is 30.3 Å². The largest absolute Gasteiger partial charge is 0.352 e. The number of carbonyl (C=O) groups excluding carboxylic acids is 1. The van der Waals surface area contributed by atoms with Crippen LogP contribution in [0.2, 0.25) is 0 Å². The lowest BCUT2D eigenvalue weighted by molar-refractivity contribution is -0.180. The zero-order chi connectivity index (χ0) is 17.0. The Balaban J connectivity index is 1.44. The van der Waals surface area contributed by atoms with Crippen LogP contribution in [0.4, 0.5) is 0 Å². The van der Waals surface area contributed by atoms with Crippen molar-refractivity contribution in [2.45, 2.75) is 50.5 Å². The van der Waals surface area contributed by atoms with Crippen LogP contribution >= 0.6 is 0 Å². The molecule has 132 valence electrons. The topological polar surface area (TPSA) is 50.8 Å². The average molecular weight is 332 g/mol. The second-order valence-corrected chi connectivity index (χ2v) is 6.95. The Kier molecular flexibility index (Phi) is 5.54. The molecule has 1 aliphatic heterocycles. The molecule has 1 unspecified atom stereocenters. The van der Waals surface area contributed by atoms with Gasteiger partial charge in [-0.25, -0.2) is 0 Å². The summed E-state index contributed by atoms with van der Waals surface area (Å²) >= 11 is 0. The van der Waals surface area contributed by atoms with E-state index in [2.05, 4.69) is 29.3 Å². The van der Waals surface area contributed by atoms with Crippen molar-refractivity contribution in [3.63, 3.8) is 0 Å². The van der Waals surface area contributed by atoms with Crippen LogP contribution in [0, 0.1) is 0 Å². The summed E-state index contributed by atoms with van der Waals surface area (Å²) in [5.74, 6) is -0.269. The minimum absolute atomic E-state index is 0.0921. The molecule has 2 aliphatic rings. The van der Waals surface area contributed by atoms with Crippen LogP contribution in [0.25, 0.3) is 0 Å². The third-order valence-electron chi connectivity index (χ3n) is 5.26.